The lowest BCUT2D eigenvalue weighted by atomic mass is 10.1. The third-order valence-electron chi connectivity index (χ3n) is 2.61. The van der Waals surface area contributed by atoms with Gasteiger partial charge in [0.1, 0.15) is 11.7 Å². The molecule has 1 unspecified atom stereocenters. The van der Waals surface area contributed by atoms with E-state index in [4.69, 9.17) is 15.7 Å². The monoisotopic (exact) mass is 433 g/mol. The van der Waals surface area contributed by atoms with Gasteiger partial charge in [-0.15, -0.1) is 0 Å². The molecule has 10 heteroatoms. The maximum absolute atomic E-state index is 12.8. The SMILES string of the molecule is COc1cc(NCC(/C(N)=N/O)C(F)(F)F)c(Br)cc1Br. The number of nitrogens with two attached hydrogens (primary N) is 1. The Hall–Kier alpha value is -1.16. The molecule has 4 N–H and O–H groups in total. The van der Waals surface area contributed by atoms with Crippen molar-refractivity contribution in [1.29, 1.82) is 0 Å². The fourth-order valence-electron chi connectivity index (χ4n) is 1.49. The fourth-order valence-corrected chi connectivity index (χ4v) is 2.79. The van der Waals surface area contributed by atoms with Gasteiger partial charge >= 0.3 is 6.18 Å². The molecule has 0 fully saturated rings. The Bertz CT molecular complexity index is 538. The lowest BCUT2D eigenvalue weighted by molar-refractivity contribution is -0.152. The molecule has 0 aliphatic carbocycles. The van der Waals surface area contributed by atoms with E-state index in [-0.39, 0.29) is 0 Å². The van der Waals surface area contributed by atoms with Gasteiger partial charge in [0, 0.05) is 17.1 Å². The summed E-state index contributed by atoms with van der Waals surface area (Å²) in [4.78, 5) is 0. The number of halogens is 5. The summed E-state index contributed by atoms with van der Waals surface area (Å²) in [5.74, 6) is -2.56. The second-order valence-electron chi connectivity index (χ2n) is 3.97. The van der Waals surface area contributed by atoms with Gasteiger partial charge in [-0.25, -0.2) is 0 Å². The number of alkyl halides is 3. The first kappa shape index (κ1) is 17.9. The first-order valence-corrected chi connectivity index (χ1v) is 7.10. The molecule has 0 amide bonds. The molecule has 1 aromatic carbocycles. The Morgan fingerprint density at radius 3 is 2.52 bits per heavy atom. The first-order chi connectivity index (χ1) is 9.70. The van der Waals surface area contributed by atoms with Crippen molar-refractivity contribution in [2.45, 2.75) is 6.18 Å². The van der Waals surface area contributed by atoms with Crippen molar-refractivity contribution in [2.24, 2.45) is 16.8 Å². The Morgan fingerprint density at radius 2 is 2.05 bits per heavy atom. The highest BCUT2D eigenvalue weighted by Gasteiger charge is 2.42. The van der Waals surface area contributed by atoms with E-state index in [1.54, 1.807) is 6.07 Å². The number of anilines is 1. The highest BCUT2D eigenvalue weighted by atomic mass is 79.9. The molecule has 21 heavy (non-hydrogen) atoms. The van der Waals surface area contributed by atoms with Crippen LogP contribution in [0.5, 0.6) is 5.75 Å². The van der Waals surface area contributed by atoms with Crippen molar-refractivity contribution in [2.75, 3.05) is 19.0 Å². The predicted molar refractivity (Wildman–Crippen MR) is 79.8 cm³/mol. The first-order valence-electron chi connectivity index (χ1n) is 5.51. The zero-order chi connectivity index (χ0) is 16.2. The topological polar surface area (TPSA) is 79.9 Å². The smallest absolute Gasteiger partial charge is 0.400 e. The lowest BCUT2D eigenvalue weighted by Gasteiger charge is -2.20. The van der Waals surface area contributed by atoms with E-state index in [1.807, 2.05) is 0 Å². The highest BCUT2D eigenvalue weighted by molar-refractivity contribution is 9.11. The van der Waals surface area contributed by atoms with E-state index in [0.717, 1.165) is 0 Å². The minimum Gasteiger partial charge on any atom is -0.495 e. The maximum atomic E-state index is 12.8. The molecule has 0 saturated heterocycles. The van der Waals surface area contributed by atoms with Crippen LogP contribution < -0.4 is 15.8 Å². The summed E-state index contributed by atoms with van der Waals surface area (Å²) in [6, 6.07) is 3.15. The van der Waals surface area contributed by atoms with E-state index < -0.39 is 24.5 Å². The molecule has 5 nitrogen and oxygen atoms in total. The van der Waals surface area contributed by atoms with Crippen LogP contribution in [0.1, 0.15) is 0 Å². The van der Waals surface area contributed by atoms with Gasteiger partial charge in [0.15, 0.2) is 5.84 Å². The molecule has 0 aliphatic heterocycles. The Labute approximate surface area is 135 Å². The van der Waals surface area contributed by atoms with Crippen LogP contribution in [0.3, 0.4) is 0 Å². The molecule has 0 radical (unpaired) electrons. The fraction of sp³-hybridized carbons (Fsp3) is 0.364. The van der Waals surface area contributed by atoms with Gasteiger partial charge < -0.3 is 21.0 Å². The summed E-state index contributed by atoms with van der Waals surface area (Å²) in [7, 11) is 1.44. The summed E-state index contributed by atoms with van der Waals surface area (Å²) in [5, 5.41) is 13.5. The highest BCUT2D eigenvalue weighted by Crippen LogP contribution is 2.35. The van der Waals surface area contributed by atoms with Crippen LogP contribution in [0.15, 0.2) is 26.2 Å². The molecule has 0 bridgehead atoms. The van der Waals surface area contributed by atoms with Crippen LogP contribution in [-0.2, 0) is 0 Å². The number of ether oxygens (including phenoxy) is 1. The van der Waals surface area contributed by atoms with E-state index >= 15 is 0 Å². The van der Waals surface area contributed by atoms with Gasteiger partial charge in [-0.1, -0.05) is 5.16 Å². The average Bonchev–Trinajstić information content (AvgIpc) is 2.39. The number of hydrogen-bond acceptors (Lipinski definition) is 4. The largest absolute Gasteiger partial charge is 0.495 e. The minimum absolute atomic E-state index is 0.384. The molecule has 1 atom stereocenters. The average molecular weight is 435 g/mol. The van der Waals surface area contributed by atoms with Crippen molar-refractivity contribution < 1.29 is 23.1 Å². The number of nitrogens with one attached hydrogen (secondary N) is 1. The van der Waals surface area contributed by atoms with Gasteiger partial charge in [-0.2, -0.15) is 13.2 Å². The molecule has 0 aliphatic rings. The van der Waals surface area contributed by atoms with Crippen LogP contribution in [-0.4, -0.2) is 30.9 Å². The molecular weight excluding hydrogens is 423 g/mol. The molecule has 1 rings (SSSR count). The summed E-state index contributed by atoms with van der Waals surface area (Å²) < 4.78 is 44.7. The minimum atomic E-state index is -4.63. The van der Waals surface area contributed by atoms with Crippen LogP contribution in [0.2, 0.25) is 0 Å². The van der Waals surface area contributed by atoms with Gasteiger partial charge in [-0.3, -0.25) is 0 Å². The van der Waals surface area contributed by atoms with Crippen molar-refractivity contribution in [3.05, 3.63) is 21.1 Å². The lowest BCUT2D eigenvalue weighted by Crippen LogP contribution is -2.40. The van der Waals surface area contributed by atoms with E-state index in [1.165, 1.54) is 13.2 Å². The van der Waals surface area contributed by atoms with Gasteiger partial charge in [0.2, 0.25) is 0 Å². The second-order valence-corrected chi connectivity index (χ2v) is 5.68. The van der Waals surface area contributed by atoms with Crippen LogP contribution >= 0.6 is 31.9 Å². The molecule has 0 saturated carbocycles. The standard InChI is InChI=1S/C11H12Br2F3N3O2/c1-21-9-3-8(6(12)2-7(9)13)18-4-5(10(17)19-20)11(14,15)16/h2-3,5,18,20H,4H2,1H3,(H2,17,19). The van der Waals surface area contributed by atoms with Crippen LogP contribution in [0.4, 0.5) is 18.9 Å². The van der Waals surface area contributed by atoms with Gasteiger partial charge in [0.25, 0.3) is 0 Å². The molecule has 0 spiro atoms. The Morgan fingerprint density at radius 1 is 1.43 bits per heavy atom. The number of benzene rings is 1. The summed E-state index contributed by atoms with van der Waals surface area (Å²) in [5.41, 5.74) is 5.47. The predicted octanol–water partition coefficient (Wildman–Crippen LogP) is 3.56. The zero-order valence-corrected chi connectivity index (χ0v) is 13.9. The number of hydrogen-bond donors (Lipinski definition) is 3. The number of methoxy groups -OCH3 is 1. The van der Waals surface area contributed by atoms with Gasteiger partial charge in [-0.05, 0) is 37.9 Å². The Balaban J connectivity index is 2.96. The third-order valence-corrected chi connectivity index (χ3v) is 3.88. The van der Waals surface area contributed by atoms with Crippen molar-refractivity contribution in [1.82, 2.24) is 0 Å². The van der Waals surface area contributed by atoms with E-state index in [9.17, 15) is 13.2 Å². The van der Waals surface area contributed by atoms with Crippen LogP contribution in [0, 0.1) is 5.92 Å². The van der Waals surface area contributed by atoms with Crippen LogP contribution in [0.25, 0.3) is 0 Å². The maximum Gasteiger partial charge on any atom is 0.400 e. The zero-order valence-electron chi connectivity index (χ0n) is 10.7. The quantitative estimate of drug-likeness (QED) is 0.286. The normalized spacial score (nSPS) is 13.9. The third kappa shape index (κ3) is 4.67. The number of oxime groups is 1. The number of nitrogens with zero attached hydrogens (tertiary/aromatic N) is 1. The van der Waals surface area contributed by atoms with Crippen molar-refractivity contribution in [3.8, 4) is 5.75 Å². The molecule has 0 heterocycles. The Kier molecular flexibility index (Phi) is 6.14. The molecular formula is C11H12Br2F3N3O2. The second kappa shape index (κ2) is 7.21. The van der Waals surface area contributed by atoms with Crippen molar-refractivity contribution in [3.63, 3.8) is 0 Å². The number of rotatable bonds is 5. The summed E-state index contributed by atoms with van der Waals surface area (Å²) in [6.45, 7) is -0.581. The van der Waals surface area contributed by atoms with Crippen molar-refractivity contribution >= 4 is 43.4 Å². The molecule has 118 valence electrons. The van der Waals surface area contributed by atoms with Gasteiger partial charge in [0.05, 0.1) is 17.3 Å². The molecule has 1 aromatic rings. The van der Waals surface area contributed by atoms with E-state index in [0.29, 0.717) is 20.4 Å². The molecule has 0 aromatic heterocycles. The number of amidine groups is 1. The summed E-state index contributed by atoms with van der Waals surface area (Å²) >= 11 is 6.48. The summed E-state index contributed by atoms with van der Waals surface area (Å²) in [6.07, 6.45) is -4.63. The van der Waals surface area contributed by atoms with E-state index in [2.05, 4.69) is 42.3 Å².